The zero-order chi connectivity index (χ0) is 19.5. The second kappa shape index (κ2) is 7.87. The molecule has 0 radical (unpaired) electrons. The molecule has 1 saturated heterocycles. The molecular formula is C22H19ClN4O. The minimum absolute atomic E-state index is 0.0436. The first-order valence-electron chi connectivity index (χ1n) is 9.25. The summed E-state index contributed by atoms with van der Waals surface area (Å²) in [6, 6.07) is 17.2. The van der Waals surface area contributed by atoms with E-state index in [9.17, 15) is 10.1 Å². The molecular weight excluding hydrogens is 372 g/mol. The molecule has 1 N–H and O–H groups in total. The van der Waals surface area contributed by atoms with Crippen molar-refractivity contribution in [2.45, 2.75) is 18.9 Å². The van der Waals surface area contributed by atoms with E-state index in [4.69, 9.17) is 11.6 Å². The van der Waals surface area contributed by atoms with Gasteiger partial charge in [0, 0.05) is 41.3 Å². The Morgan fingerprint density at radius 1 is 1.18 bits per heavy atom. The topological polar surface area (TPSA) is 69.0 Å². The maximum absolute atomic E-state index is 12.4. The number of rotatable bonds is 3. The Kier molecular flexibility index (Phi) is 5.14. The summed E-state index contributed by atoms with van der Waals surface area (Å²) < 4.78 is 0. The van der Waals surface area contributed by atoms with Gasteiger partial charge in [0.2, 0.25) is 0 Å². The van der Waals surface area contributed by atoms with Crippen molar-refractivity contribution in [1.82, 2.24) is 10.3 Å². The summed E-state index contributed by atoms with van der Waals surface area (Å²) in [6.45, 7) is 1.50. The van der Waals surface area contributed by atoms with E-state index in [1.165, 1.54) is 0 Å². The van der Waals surface area contributed by atoms with Crippen LogP contribution in [0.15, 0.2) is 54.7 Å². The smallest absolute Gasteiger partial charge is 0.251 e. The lowest BCUT2D eigenvalue weighted by atomic mass is 10.0. The van der Waals surface area contributed by atoms with Crippen LogP contribution in [0, 0.1) is 11.3 Å². The van der Waals surface area contributed by atoms with Crippen LogP contribution in [-0.4, -0.2) is 30.0 Å². The molecule has 28 heavy (non-hydrogen) atoms. The average molecular weight is 391 g/mol. The molecule has 1 fully saturated rings. The van der Waals surface area contributed by atoms with E-state index in [-0.39, 0.29) is 11.9 Å². The molecule has 2 heterocycles. The van der Waals surface area contributed by atoms with Crippen molar-refractivity contribution in [3.05, 3.63) is 70.9 Å². The number of carbonyl (C=O) groups is 1. The summed E-state index contributed by atoms with van der Waals surface area (Å²) in [4.78, 5) is 19.0. The molecule has 1 aromatic heterocycles. The predicted octanol–water partition coefficient (Wildman–Crippen LogP) is 4.16. The monoisotopic (exact) mass is 390 g/mol. The van der Waals surface area contributed by atoms with E-state index >= 15 is 0 Å². The molecule has 1 aliphatic rings. The number of nitrogens with zero attached hydrogens (tertiary/aromatic N) is 3. The van der Waals surface area contributed by atoms with Gasteiger partial charge < -0.3 is 10.2 Å². The van der Waals surface area contributed by atoms with E-state index in [1.54, 1.807) is 12.3 Å². The van der Waals surface area contributed by atoms with Gasteiger partial charge in [0.15, 0.2) is 0 Å². The van der Waals surface area contributed by atoms with Gasteiger partial charge in [-0.1, -0.05) is 29.8 Å². The van der Waals surface area contributed by atoms with E-state index in [0.29, 0.717) is 16.1 Å². The lowest BCUT2D eigenvalue weighted by molar-refractivity contribution is 0.0931. The second-order valence-electron chi connectivity index (χ2n) is 6.89. The minimum atomic E-state index is -0.0436. The molecule has 0 unspecified atom stereocenters. The zero-order valence-corrected chi connectivity index (χ0v) is 16.0. The van der Waals surface area contributed by atoms with Gasteiger partial charge in [-0.15, -0.1) is 0 Å². The Morgan fingerprint density at radius 2 is 1.93 bits per heavy atom. The third-order valence-electron chi connectivity index (χ3n) is 5.10. The maximum atomic E-state index is 12.4. The Hall–Kier alpha value is -3.10. The lowest BCUT2D eigenvalue weighted by Gasteiger charge is -2.35. The second-order valence-corrected chi connectivity index (χ2v) is 7.33. The fourth-order valence-corrected chi connectivity index (χ4v) is 3.85. The minimum Gasteiger partial charge on any atom is -0.370 e. The normalized spacial score (nSPS) is 14.6. The van der Waals surface area contributed by atoms with Crippen molar-refractivity contribution >= 4 is 34.1 Å². The van der Waals surface area contributed by atoms with Crippen molar-refractivity contribution in [1.29, 1.82) is 5.26 Å². The number of benzene rings is 2. The predicted molar refractivity (Wildman–Crippen MR) is 111 cm³/mol. The molecule has 5 nitrogen and oxygen atoms in total. The van der Waals surface area contributed by atoms with Crippen LogP contribution in [0.25, 0.3) is 10.9 Å². The van der Waals surface area contributed by atoms with Crippen LogP contribution < -0.4 is 10.2 Å². The molecule has 0 atom stereocenters. The van der Waals surface area contributed by atoms with E-state index in [0.717, 1.165) is 42.5 Å². The van der Waals surface area contributed by atoms with E-state index < -0.39 is 0 Å². The summed E-state index contributed by atoms with van der Waals surface area (Å²) in [7, 11) is 0. The maximum Gasteiger partial charge on any atom is 0.251 e. The number of hydrogen-bond donors (Lipinski definition) is 1. The molecule has 140 valence electrons. The number of amides is 1. The number of pyridine rings is 1. The Labute approximate surface area is 168 Å². The van der Waals surface area contributed by atoms with Crippen LogP contribution in [0.4, 0.5) is 5.69 Å². The molecule has 0 aliphatic carbocycles. The SMILES string of the molecule is N#Cc1cnc2ccc(Cl)cc2c1N1CCC(NC(=O)c2ccccc2)CC1. The van der Waals surface area contributed by atoms with Crippen LogP contribution in [0.3, 0.4) is 0 Å². The Balaban J connectivity index is 1.52. The molecule has 0 spiro atoms. The van der Waals surface area contributed by atoms with Crippen LogP contribution >= 0.6 is 11.6 Å². The van der Waals surface area contributed by atoms with Crippen molar-refractivity contribution in [2.24, 2.45) is 0 Å². The summed E-state index contributed by atoms with van der Waals surface area (Å²) in [5.41, 5.74) is 2.91. The lowest BCUT2D eigenvalue weighted by Crippen LogP contribution is -2.45. The molecule has 6 heteroatoms. The van der Waals surface area contributed by atoms with Gasteiger partial charge >= 0.3 is 0 Å². The van der Waals surface area contributed by atoms with Gasteiger partial charge in [-0.3, -0.25) is 9.78 Å². The van der Waals surface area contributed by atoms with Gasteiger partial charge in [-0.25, -0.2) is 0 Å². The van der Waals surface area contributed by atoms with Crippen LogP contribution in [0.2, 0.25) is 5.02 Å². The Bertz CT molecular complexity index is 1050. The third-order valence-corrected chi connectivity index (χ3v) is 5.34. The number of nitriles is 1. The highest BCUT2D eigenvalue weighted by Gasteiger charge is 2.24. The first-order chi connectivity index (χ1) is 13.7. The first kappa shape index (κ1) is 18.3. The number of nitrogens with one attached hydrogen (secondary N) is 1. The van der Waals surface area contributed by atoms with Crippen molar-refractivity contribution in [3.63, 3.8) is 0 Å². The Morgan fingerprint density at radius 3 is 2.64 bits per heavy atom. The highest BCUT2D eigenvalue weighted by atomic mass is 35.5. The van der Waals surface area contributed by atoms with E-state index in [2.05, 4.69) is 21.3 Å². The summed E-state index contributed by atoms with van der Waals surface area (Å²) in [5.74, 6) is -0.0436. The molecule has 1 aliphatic heterocycles. The van der Waals surface area contributed by atoms with Gasteiger partial charge in [0.25, 0.3) is 5.91 Å². The summed E-state index contributed by atoms with van der Waals surface area (Å²) in [5, 5.41) is 14.2. The molecule has 2 aromatic carbocycles. The molecule has 0 saturated carbocycles. The van der Waals surface area contributed by atoms with Crippen LogP contribution in [0.5, 0.6) is 0 Å². The summed E-state index contributed by atoms with van der Waals surface area (Å²) >= 11 is 6.19. The van der Waals surface area contributed by atoms with Crippen LogP contribution in [-0.2, 0) is 0 Å². The third kappa shape index (κ3) is 3.64. The van der Waals surface area contributed by atoms with Gasteiger partial charge in [-0.05, 0) is 43.2 Å². The largest absolute Gasteiger partial charge is 0.370 e. The number of piperidine rings is 1. The summed E-state index contributed by atoms with van der Waals surface area (Å²) in [6.07, 6.45) is 3.25. The van der Waals surface area contributed by atoms with Gasteiger partial charge in [-0.2, -0.15) is 5.26 Å². The number of halogens is 1. The van der Waals surface area contributed by atoms with Crippen molar-refractivity contribution in [3.8, 4) is 6.07 Å². The standard InChI is InChI=1S/C22H19ClN4O/c23-17-6-7-20-19(12-17)21(16(13-24)14-25-20)27-10-8-18(9-11-27)26-22(28)15-4-2-1-3-5-15/h1-7,12,14,18H,8-11H2,(H,26,28). The molecule has 0 bridgehead atoms. The zero-order valence-electron chi connectivity index (χ0n) is 15.2. The quantitative estimate of drug-likeness (QED) is 0.729. The van der Waals surface area contributed by atoms with Crippen molar-refractivity contribution in [2.75, 3.05) is 18.0 Å². The molecule has 1 amide bonds. The van der Waals surface area contributed by atoms with Crippen molar-refractivity contribution < 1.29 is 4.79 Å². The van der Waals surface area contributed by atoms with Crippen LogP contribution in [0.1, 0.15) is 28.8 Å². The first-order valence-corrected chi connectivity index (χ1v) is 9.63. The average Bonchev–Trinajstić information content (AvgIpc) is 2.74. The number of carbonyl (C=O) groups excluding carboxylic acids is 1. The van der Waals surface area contributed by atoms with Gasteiger partial charge in [0.1, 0.15) is 6.07 Å². The molecule has 4 rings (SSSR count). The highest BCUT2D eigenvalue weighted by molar-refractivity contribution is 6.31. The number of aromatic nitrogens is 1. The fourth-order valence-electron chi connectivity index (χ4n) is 3.68. The fraction of sp³-hybridized carbons (Fsp3) is 0.227. The number of hydrogen-bond acceptors (Lipinski definition) is 4. The molecule has 3 aromatic rings. The number of fused-ring (bicyclic) bond motifs is 1. The van der Waals surface area contributed by atoms with E-state index in [1.807, 2.05) is 42.5 Å². The number of anilines is 1. The highest BCUT2D eigenvalue weighted by Crippen LogP contribution is 2.33. The van der Waals surface area contributed by atoms with Gasteiger partial charge in [0.05, 0.1) is 16.8 Å².